The van der Waals surface area contributed by atoms with Gasteiger partial charge in [0.05, 0.1) is 29.0 Å². The van der Waals surface area contributed by atoms with Gasteiger partial charge in [-0.2, -0.15) is 4.31 Å². The molecule has 0 radical (unpaired) electrons. The van der Waals surface area contributed by atoms with Gasteiger partial charge in [0.15, 0.2) is 0 Å². The number of nitrogens with one attached hydrogen (secondary N) is 1. The molecule has 1 amide bonds. The van der Waals surface area contributed by atoms with E-state index in [-0.39, 0.29) is 41.7 Å². The Morgan fingerprint density at radius 2 is 1.78 bits per heavy atom. The fraction of sp³-hybridized carbons (Fsp3) is 0.478. The van der Waals surface area contributed by atoms with Crippen molar-refractivity contribution in [3.8, 4) is 0 Å². The number of carbonyl (C=O) groups is 1. The summed E-state index contributed by atoms with van der Waals surface area (Å²) in [6, 6.07) is 9.87. The molecule has 1 aromatic carbocycles. The Bertz CT molecular complexity index is 1040. The van der Waals surface area contributed by atoms with Crippen LogP contribution in [0.4, 0.5) is 11.5 Å². The third kappa shape index (κ3) is 5.11. The summed E-state index contributed by atoms with van der Waals surface area (Å²) in [6.45, 7) is 6.29. The summed E-state index contributed by atoms with van der Waals surface area (Å²) in [5.41, 5.74) is 0.848. The maximum atomic E-state index is 13.1. The van der Waals surface area contributed by atoms with Gasteiger partial charge in [0.1, 0.15) is 5.82 Å². The van der Waals surface area contributed by atoms with Crippen molar-refractivity contribution in [1.29, 1.82) is 0 Å². The Balaban J connectivity index is 1.46. The number of hydrogen-bond donors (Lipinski definition) is 1. The van der Waals surface area contributed by atoms with Crippen LogP contribution in [0.25, 0.3) is 0 Å². The Labute approximate surface area is 189 Å². The van der Waals surface area contributed by atoms with Gasteiger partial charge in [-0.05, 0) is 63.4 Å². The second-order valence-corrected chi connectivity index (χ2v) is 10.5. The van der Waals surface area contributed by atoms with E-state index < -0.39 is 10.0 Å². The zero-order chi connectivity index (χ0) is 22.7. The van der Waals surface area contributed by atoms with Gasteiger partial charge < -0.3 is 15.0 Å². The summed E-state index contributed by atoms with van der Waals surface area (Å²) in [7, 11) is -3.72. The molecule has 0 aliphatic carbocycles. The van der Waals surface area contributed by atoms with Gasteiger partial charge in [0.25, 0.3) is 5.91 Å². The second-order valence-electron chi connectivity index (χ2n) is 8.51. The lowest BCUT2D eigenvalue weighted by molar-refractivity contribution is -0.0440. The van der Waals surface area contributed by atoms with Crippen LogP contribution >= 0.6 is 0 Å². The number of nitrogens with zero attached hydrogens (tertiary/aromatic N) is 3. The first-order valence-electron chi connectivity index (χ1n) is 11.1. The van der Waals surface area contributed by atoms with Gasteiger partial charge in [-0.3, -0.25) is 4.79 Å². The number of rotatable bonds is 5. The van der Waals surface area contributed by atoms with Crippen molar-refractivity contribution in [3.63, 3.8) is 0 Å². The first-order chi connectivity index (χ1) is 15.3. The fourth-order valence-corrected chi connectivity index (χ4v) is 5.88. The summed E-state index contributed by atoms with van der Waals surface area (Å²) < 4.78 is 33.3. The smallest absolute Gasteiger partial charge is 0.255 e. The van der Waals surface area contributed by atoms with Gasteiger partial charge >= 0.3 is 0 Å². The summed E-state index contributed by atoms with van der Waals surface area (Å²) in [6.07, 6.45) is 4.87. The quantitative estimate of drug-likeness (QED) is 0.740. The molecule has 1 aromatic heterocycles. The highest BCUT2D eigenvalue weighted by Crippen LogP contribution is 2.23. The molecule has 2 aliphatic heterocycles. The zero-order valence-electron chi connectivity index (χ0n) is 18.5. The third-order valence-electron chi connectivity index (χ3n) is 5.81. The van der Waals surface area contributed by atoms with Crippen LogP contribution in [-0.2, 0) is 14.8 Å². The number of carbonyl (C=O) groups excluding carboxylic acids is 1. The highest BCUT2D eigenvalue weighted by atomic mass is 32.2. The van der Waals surface area contributed by atoms with E-state index in [4.69, 9.17) is 4.74 Å². The van der Waals surface area contributed by atoms with E-state index in [0.29, 0.717) is 5.69 Å². The van der Waals surface area contributed by atoms with Crippen LogP contribution in [0.5, 0.6) is 0 Å². The monoisotopic (exact) mass is 458 g/mol. The topological polar surface area (TPSA) is 91.8 Å². The Morgan fingerprint density at radius 1 is 1.06 bits per heavy atom. The molecule has 2 aromatic rings. The summed E-state index contributed by atoms with van der Waals surface area (Å²) in [5, 5.41) is 2.81. The summed E-state index contributed by atoms with van der Waals surface area (Å²) in [5.74, 6) is 0.531. The van der Waals surface area contributed by atoms with E-state index in [2.05, 4.69) is 15.2 Å². The van der Waals surface area contributed by atoms with Crippen molar-refractivity contribution in [1.82, 2.24) is 9.29 Å². The highest BCUT2D eigenvalue weighted by Gasteiger charge is 2.32. The molecule has 2 fully saturated rings. The average molecular weight is 459 g/mol. The van der Waals surface area contributed by atoms with Crippen LogP contribution in [0.3, 0.4) is 0 Å². The SMILES string of the molecule is CC1CN(S(=O)(=O)c2cccc(C(=O)Nc3ccc(N4CCCCC4)nc3)c2)CC(C)O1. The third-order valence-corrected chi connectivity index (χ3v) is 7.63. The average Bonchev–Trinajstić information content (AvgIpc) is 2.79. The van der Waals surface area contributed by atoms with Gasteiger partial charge in [-0.15, -0.1) is 0 Å². The minimum Gasteiger partial charge on any atom is -0.373 e. The Kier molecular flexibility index (Phi) is 6.78. The predicted molar refractivity (Wildman–Crippen MR) is 123 cm³/mol. The van der Waals surface area contributed by atoms with Crippen LogP contribution in [-0.4, -0.2) is 62.0 Å². The molecule has 8 nitrogen and oxygen atoms in total. The number of hydrogen-bond acceptors (Lipinski definition) is 6. The normalized spacial score (nSPS) is 22.5. The lowest BCUT2D eigenvalue weighted by atomic mass is 10.1. The maximum absolute atomic E-state index is 13.1. The molecular weight excluding hydrogens is 428 g/mol. The van der Waals surface area contributed by atoms with Gasteiger partial charge in [0.2, 0.25) is 10.0 Å². The Morgan fingerprint density at radius 3 is 2.44 bits per heavy atom. The lowest BCUT2D eigenvalue weighted by Crippen LogP contribution is -2.48. The number of pyridine rings is 1. The lowest BCUT2D eigenvalue weighted by Gasteiger charge is -2.34. The van der Waals surface area contributed by atoms with E-state index in [0.717, 1.165) is 18.9 Å². The number of morpholine rings is 1. The number of ether oxygens (including phenoxy) is 1. The first-order valence-corrected chi connectivity index (χ1v) is 12.5. The standard InChI is InChI=1S/C23H30N4O4S/c1-17-15-27(16-18(2)31-17)32(29,30)21-8-6-7-19(13-21)23(28)25-20-9-10-22(24-14-20)26-11-4-3-5-12-26/h6-10,13-14,17-18H,3-5,11-12,15-16H2,1-2H3,(H,25,28). The number of anilines is 2. The summed E-state index contributed by atoms with van der Waals surface area (Å²) in [4.78, 5) is 19.6. The molecule has 3 heterocycles. The molecule has 9 heteroatoms. The second kappa shape index (κ2) is 9.56. The molecule has 2 saturated heterocycles. The van der Waals surface area contributed by atoms with Crippen molar-refractivity contribution in [3.05, 3.63) is 48.2 Å². The van der Waals surface area contributed by atoms with Crippen molar-refractivity contribution in [2.45, 2.75) is 50.2 Å². The largest absolute Gasteiger partial charge is 0.373 e. The number of sulfonamides is 1. The van der Waals surface area contributed by atoms with E-state index >= 15 is 0 Å². The minimum atomic E-state index is -3.72. The minimum absolute atomic E-state index is 0.102. The molecule has 0 spiro atoms. The van der Waals surface area contributed by atoms with Gasteiger partial charge in [-0.25, -0.2) is 13.4 Å². The van der Waals surface area contributed by atoms with E-state index in [1.54, 1.807) is 18.3 Å². The van der Waals surface area contributed by atoms with E-state index in [1.807, 2.05) is 26.0 Å². The fourth-order valence-electron chi connectivity index (χ4n) is 4.25. The van der Waals surface area contributed by atoms with Crippen molar-refractivity contribution in [2.75, 3.05) is 36.4 Å². The first kappa shape index (κ1) is 22.7. The number of benzene rings is 1. The molecule has 32 heavy (non-hydrogen) atoms. The van der Waals surface area contributed by atoms with Crippen LogP contribution in [0.1, 0.15) is 43.5 Å². The number of aromatic nitrogens is 1. The molecule has 2 atom stereocenters. The molecular formula is C23H30N4O4S. The number of piperidine rings is 1. The van der Waals surface area contributed by atoms with Gasteiger partial charge in [0, 0.05) is 31.7 Å². The summed E-state index contributed by atoms with van der Waals surface area (Å²) >= 11 is 0. The number of amides is 1. The predicted octanol–water partition coefficient (Wildman–Crippen LogP) is 3.12. The van der Waals surface area contributed by atoms with E-state index in [1.165, 1.54) is 35.7 Å². The molecule has 0 bridgehead atoms. The van der Waals surface area contributed by atoms with Crippen molar-refractivity contribution < 1.29 is 17.9 Å². The van der Waals surface area contributed by atoms with Gasteiger partial charge in [-0.1, -0.05) is 6.07 Å². The molecule has 0 saturated carbocycles. The van der Waals surface area contributed by atoms with E-state index in [9.17, 15) is 13.2 Å². The van der Waals surface area contributed by atoms with Crippen LogP contribution < -0.4 is 10.2 Å². The molecule has 1 N–H and O–H groups in total. The highest BCUT2D eigenvalue weighted by molar-refractivity contribution is 7.89. The van der Waals surface area contributed by atoms with Crippen LogP contribution in [0.15, 0.2) is 47.5 Å². The Hall–Kier alpha value is -2.49. The van der Waals surface area contributed by atoms with Crippen LogP contribution in [0.2, 0.25) is 0 Å². The molecule has 2 unspecified atom stereocenters. The molecule has 172 valence electrons. The van der Waals surface area contributed by atoms with Crippen LogP contribution in [0, 0.1) is 0 Å². The molecule has 2 aliphatic rings. The molecule has 4 rings (SSSR count). The zero-order valence-corrected chi connectivity index (χ0v) is 19.3. The van der Waals surface area contributed by atoms with Crippen molar-refractivity contribution >= 4 is 27.4 Å². The van der Waals surface area contributed by atoms with Crippen molar-refractivity contribution in [2.24, 2.45) is 0 Å². The maximum Gasteiger partial charge on any atom is 0.255 e.